The Morgan fingerprint density at radius 3 is 2.78 bits per heavy atom. The van der Waals surface area contributed by atoms with Crippen molar-refractivity contribution in [1.29, 1.82) is 0 Å². The minimum absolute atomic E-state index is 0.164. The van der Waals surface area contributed by atoms with Gasteiger partial charge in [-0.25, -0.2) is 4.79 Å². The third-order valence-corrected chi connectivity index (χ3v) is 0.785. The van der Waals surface area contributed by atoms with E-state index >= 15 is 0 Å². The number of aliphatic imine (C=N–C) groups is 1. The molecule has 0 fully saturated rings. The van der Waals surface area contributed by atoms with Crippen molar-refractivity contribution >= 4 is 6.08 Å². The van der Waals surface area contributed by atoms with Gasteiger partial charge in [0.05, 0.1) is 0 Å². The number of nitrogens with zero attached hydrogens (tertiary/aromatic N) is 1. The Labute approximate surface area is 52.2 Å². The summed E-state index contributed by atoms with van der Waals surface area (Å²) in [5, 5.41) is 8.42. The van der Waals surface area contributed by atoms with Crippen molar-refractivity contribution in [2.45, 2.75) is 25.7 Å². The zero-order chi connectivity index (χ0) is 7.33. The predicted molar refractivity (Wildman–Crippen MR) is 29.1 cm³/mol. The minimum atomic E-state index is -2.70. The molecule has 0 aliphatic heterocycles. The lowest BCUT2D eigenvalue weighted by molar-refractivity contribution is -0.0857. The molecule has 0 aromatic rings. The summed E-state index contributed by atoms with van der Waals surface area (Å²) in [4.78, 5) is 11.9. The normalized spacial score (nSPS) is 15.9. The predicted octanol–water partition coefficient (Wildman–Crippen LogP) is 0.738. The lowest BCUT2D eigenvalue weighted by Crippen LogP contribution is -2.17. The molecule has 0 spiro atoms. The van der Waals surface area contributed by atoms with Crippen LogP contribution in [-0.2, 0) is 4.79 Å². The van der Waals surface area contributed by atoms with Gasteiger partial charge in [-0.2, -0.15) is 4.39 Å². The Hall–Kier alpha value is -0.730. The van der Waals surface area contributed by atoms with Gasteiger partial charge < -0.3 is 5.11 Å². The molecule has 0 aromatic heterocycles. The molecule has 0 bridgehead atoms. The SMILES string of the molecule is CCCC(O)(F)N=C=O. The zero-order valence-corrected chi connectivity index (χ0v) is 5.09. The van der Waals surface area contributed by atoms with Gasteiger partial charge in [-0.15, -0.1) is 4.99 Å². The van der Waals surface area contributed by atoms with Crippen LogP contribution in [0.15, 0.2) is 4.99 Å². The monoisotopic (exact) mass is 133 g/mol. The zero-order valence-electron chi connectivity index (χ0n) is 5.09. The highest BCUT2D eigenvalue weighted by molar-refractivity contribution is 5.33. The van der Waals surface area contributed by atoms with Crippen LogP contribution in [0.3, 0.4) is 0 Å². The number of alkyl halides is 1. The first-order valence-electron chi connectivity index (χ1n) is 2.62. The topological polar surface area (TPSA) is 49.7 Å². The quantitative estimate of drug-likeness (QED) is 0.350. The molecule has 9 heavy (non-hydrogen) atoms. The molecule has 1 N–H and O–H groups in total. The lowest BCUT2D eigenvalue weighted by Gasteiger charge is -2.07. The summed E-state index contributed by atoms with van der Waals surface area (Å²) in [6, 6.07) is 0. The first-order chi connectivity index (χ1) is 4.12. The number of rotatable bonds is 3. The summed E-state index contributed by atoms with van der Waals surface area (Å²) in [7, 11) is 0. The van der Waals surface area contributed by atoms with Crippen molar-refractivity contribution in [2.75, 3.05) is 0 Å². The van der Waals surface area contributed by atoms with Crippen LogP contribution in [0.25, 0.3) is 0 Å². The maximum absolute atomic E-state index is 12.2. The van der Waals surface area contributed by atoms with Crippen LogP contribution in [0.2, 0.25) is 0 Å². The molecule has 0 saturated carbocycles. The van der Waals surface area contributed by atoms with E-state index in [0.29, 0.717) is 6.42 Å². The molecule has 1 atom stereocenters. The molecule has 4 heteroatoms. The molecular weight excluding hydrogens is 125 g/mol. The molecule has 0 aliphatic rings. The molecule has 52 valence electrons. The summed E-state index contributed by atoms with van der Waals surface area (Å²) in [5.41, 5.74) is 0. The summed E-state index contributed by atoms with van der Waals surface area (Å²) < 4.78 is 12.2. The maximum atomic E-state index is 12.2. The van der Waals surface area contributed by atoms with Gasteiger partial charge in [0.1, 0.15) is 0 Å². The van der Waals surface area contributed by atoms with Crippen molar-refractivity contribution in [3.8, 4) is 0 Å². The average Bonchev–Trinajstić information content (AvgIpc) is 1.64. The highest BCUT2D eigenvalue weighted by Crippen LogP contribution is 2.14. The van der Waals surface area contributed by atoms with E-state index in [0.717, 1.165) is 6.08 Å². The Kier molecular flexibility index (Phi) is 3.06. The summed E-state index contributed by atoms with van der Waals surface area (Å²) >= 11 is 0. The van der Waals surface area contributed by atoms with E-state index < -0.39 is 5.98 Å². The third-order valence-electron chi connectivity index (χ3n) is 0.785. The van der Waals surface area contributed by atoms with E-state index in [1.54, 1.807) is 6.92 Å². The van der Waals surface area contributed by atoms with Gasteiger partial charge in [0.2, 0.25) is 6.08 Å². The number of aliphatic hydroxyl groups is 1. The van der Waals surface area contributed by atoms with Crippen LogP contribution in [0.5, 0.6) is 0 Å². The van der Waals surface area contributed by atoms with Gasteiger partial charge in [-0.05, 0) is 6.42 Å². The summed E-state index contributed by atoms with van der Waals surface area (Å²) in [6.45, 7) is 1.67. The van der Waals surface area contributed by atoms with E-state index in [4.69, 9.17) is 5.11 Å². The number of halogens is 1. The van der Waals surface area contributed by atoms with Crippen molar-refractivity contribution in [3.63, 3.8) is 0 Å². The maximum Gasteiger partial charge on any atom is 0.314 e. The molecular formula is C5H8FNO2. The average molecular weight is 133 g/mol. The smallest absolute Gasteiger partial charge is 0.314 e. The van der Waals surface area contributed by atoms with Crippen LogP contribution in [-0.4, -0.2) is 17.2 Å². The second-order valence-corrected chi connectivity index (χ2v) is 1.67. The molecule has 0 aliphatic carbocycles. The second-order valence-electron chi connectivity index (χ2n) is 1.67. The van der Waals surface area contributed by atoms with Gasteiger partial charge in [0.15, 0.2) is 0 Å². The Morgan fingerprint density at radius 1 is 1.89 bits per heavy atom. The molecule has 1 unspecified atom stereocenters. The Morgan fingerprint density at radius 2 is 2.44 bits per heavy atom. The van der Waals surface area contributed by atoms with Gasteiger partial charge in [-0.3, -0.25) is 0 Å². The molecule has 3 nitrogen and oxygen atoms in total. The van der Waals surface area contributed by atoms with Gasteiger partial charge in [0, 0.05) is 6.42 Å². The van der Waals surface area contributed by atoms with Crippen LogP contribution >= 0.6 is 0 Å². The minimum Gasteiger partial charge on any atom is -0.343 e. The molecule has 0 rings (SSSR count). The van der Waals surface area contributed by atoms with Crippen LogP contribution < -0.4 is 0 Å². The first kappa shape index (κ1) is 8.27. The fourth-order valence-corrected chi connectivity index (χ4v) is 0.444. The molecule has 0 aromatic carbocycles. The van der Waals surface area contributed by atoms with E-state index in [1.165, 1.54) is 0 Å². The molecule has 0 heterocycles. The standard InChI is InChI=1S/C5H8FNO2/c1-2-3-5(6,9)7-4-8/h9H,2-3H2,1H3. The fourth-order valence-electron chi connectivity index (χ4n) is 0.444. The first-order valence-corrected chi connectivity index (χ1v) is 2.62. The van der Waals surface area contributed by atoms with E-state index in [-0.39, 0.29) is 6.42 Å². The highest BCUT2D eigenvalue weighted by Gasteiger charge is 2.22. The summed E-state index contributed by atoms with van der Waals surface area (Å²) in [6.07, 6.45) is 1.21. The largest absolute Gasteiger partial charge is 0.343 e. The van der Waals surface area contributed by atoms with Crippen molar-refractivity contribution < 1.29 is 14.3 Å². The molecule has 0 saturated heterocycles. The van der Waals surface area contributed by atoms with Crippen LogP contribution in [0.1, 0.15) is 19.8 Å². The second kappa shape index (κ2) is 3.33. The number of hydrogen-bond acceptors (Lipinski definition) is 3. The number of carbonyl (C=O) groups excluding carboxylic acids is 1. The lowest BCUT2D eigenvalue weighted by atomic mass is 10.3. The Balaban J connectivity index is 3.85. The highest BCUT2D eigenvalue weighted by atomic mass is 19.2. The van der Waals surface area contributed by atoms with E-state index in [1.807, 2.05) is 0 Å². The third kappa shape index (κ3) is 3.82. The van der Waals surface area contributed by atoms with Crippen LogP contribution in [0.4, 0.5) is 4.39 Å². The van der Waals surface area contributed by atoms with Crippen molar-refractivity contribution in [2.24, 2.45) is 4.99 Å². The van der Waals surface area contributed by atoms with Gasteiger partial charge in [-0.1, -0.05) is 6.92 Å². The van der Waals surface area contributed by atoms with Crippen molar-refractivity contribution in [3.05, 3.63) is 0 Å². The Bertz CT molecular complexity index is 129. The number of isocyanates is 1. The molecule has 0 radical (unpaired) electrons. The van der Waals surface area contributed by atoms with Crippen molar-refractivity contribution in [1.82, 2.24) is 0 Å². The molecule has 0 amide bonds. The van der Waals surface area contributed by atoms with E-state index in [9.17, 15) is 9.18 Å². The number of hydrogen-bond donors (Lipinski definition) is 1. The van der Waals surface area contributed by atoms with Gasteiger partial charge >= 0.3 is 5.98 Å². The van der Waals surface area contributed by atoms with Crippen LogP contribution in [0, 0.1) is 0 Å². The van der Waals surface area contributed by atoms with E-state index in [2.05, 4.69) is 4.99 Å². The summed E-state index contributed by atoms with van der Waals surface area (Å²) in [5.74, 6) is -2.70. The fraction of sp³-hybridized carbons (Fsp3) is 0.800. The van der Waals surface area contributed by atoms with Gasteiger partial charge in [0.25, 0.3) is 0 Å².